The number of anilines is 1. The lowest BCUT2D eigenvalue weighted by molar-refractivity contribution is -0.195. The van der Waals surface area contributed by atoms with E-state index in [0.29, 0.717) is 41.7 Å². The minimum Gasteiger partial charge on any atom is -0.393 e. The third-order valence-corrected chi connectivity index (χ3v) is 6.20. The van der Waals surface area contributed by atoms with Crippen molar-refractivity contribution in [3.63, 3.8) is 0 Å². The van der Waals surface area contributed by atoms with Gasteiger partial charge in [0.15, 0.2) is 0 Å². The van der Waals surface area contributed by atoms with Gasteiger partial charge in [0.2, 0.25) is 5.82 Å². The Kier molecular flexibility index (Phi) is 7.87. The second kappa shape index (κ2) is 10.9. The van der Waals surface area contributed by atoms with Gasteiger partial charge in [0.25, 0.3) is 0 Å². The van der Waals surface area contributed by atoms with E-state index >= 15 is 0 Å². The van der Waals surface area contributed by atoms with Gasteiger partial charge in [-0.05, 0) is 67.6 Å². The first-order valence-electron chi connectivity index (χ1n) is 10.7. The number of aliphatic hydroxyl groups is 1. The highest BCUT2D eigenvalue weighted by atomic mass is 32.2. The van der Waals surface area contributed by atoms with Crippen LogP contribution in [0.3, 0.4) is 0 Å². The summed E-state index contributed by atoms with van der Waals surface area (Å²) in [6, 6.07) is 11.6. The molecule has 1 saturated carbocycles. The lowest BCUT2D eigenvalue weighted by Crippen LogP contribution is -2.29. The van der Waals surface area contributed by atoms with Crippen LogP contribution < -0.4 is 11.2 Å². The first-order valence-corrected chi connectivity index (χ1v) is 11.5. The largest absolute Gasteiger partial charge is 0.451 e. The van der Waals surface area contributed by atoms with Crippen LogP contribution in [0.1, 0.15) is 31.5 Å². The Balaban J connectivity index is 1.90. The van der Waals surface area contributed by atoms with E-state index in [1.165, 1.54) is 12.1 Å². The van der Waals surface area contributed by atoms with Gasteiger partial charge in [-0.2, -0.15) is 19.1 Å². The molecule has 1 aliphatic rings. The van der Waals surface area contributed by atoms with Crippen molar-refractivity contribution < 1.29 is 32.0 Å². The molecule has 3 aromatic rings. The van der Waals surface area contributed by atoms with E-state index in [-0.39, 0.29) is 23.1 Å². The van der Waals surface area contributed by atoms with Crippen molar-refractivity contribution in [3.05, 3.63) is 60.2 Å². The monoisotopic (exact) mass is 510 g/mol. The van der Waals surface area contributed by atoms with Crippen LogP contribution >= 0.6 is 12.0 Å². The summed E-state index contributed by atoms with van der Waals surface area (Å²) in [5.41, 5.74) is 1.09. The smallest absolute Gasteiger partial charge is 0.393 e. The summed E-state index contributed by atoms with van der Waals surface area (Å²) in [5.74, 6) is 3.05. The number of nitrogens with two attached hydrogens (primary N) is 1. The van der Waals surface area contributed by atoms with E-state index in [0.717, 1.165) is 24.2 Å². The Morgan fingerprint density at radius 3 is 2.37 bits per heavy atom. The number of aliphatic hydroxyl groups excluding tert-OH is 1. The Bertz CT molecular complexity index is 1160. The fraction of sp³-hybridized carbons (Fsp3) is 0.304. The Hall–Kier alpha value is -2.77. The zero-order valence-corrected chi connectivity index (χ0v) is 19.1. The predicted molar refractivity (Wildman–Crippen MR) is 122 cm³/mol. The number of benzene rings is 2. The molecular formula is C23H22F4N4O3S. The number of aromatic nitrogens is 2. The van der Waals surface area contributed by atoms with Gasteiger partial charge in [0, 0.05) is 16.5 Å². The van der Waals surface area contributed by atoms with Crippen LogP contribution in [0, 0.1) is 5.82 Å². The number of halogens is 4. The highest BCUT2D eigenvalue weighted by Crippen LogP contribution is 2.41. The summed E-state index contributed by atoms with van der Waals surface area (Å²) in [5, 5.41) is 13.0. The van der Waals surface area contributed by atoms with Crippen molar-refractivity contribution in [3.8, 4) is 22.4 Å². The van der Waals surface area contributed by atoms with Crippen LogP contribution in [0.2, 0.25) is 0 Å². The minimum absolute atomic E-state index is 0.00816. The van der Waals surface area contributed by atoms with Gasteiger partial charge in [-0.15, -0.1) is 9.32 Å². The molecule has 0 aliphatic heterocycles. The minimum atomic E-state index is -4.81. The Labute approximate surface area is 202 Å². The summed E-state index contributed by atoms with van der Waals surface area (Å²) in [7, 11) is 0. The molecule has 0 saturated heterocycles. The second-order valence-electron chi connectivity index (χ2n) is 8.05. The van der Waals surface area contributed by atoms with Crippen LogP contribution in [-0.4, -0.2) is 27.2 Å². The number of hydrogen-bond acceptors (Lipinski definition) is 8. The van der Waals surface area contributed by atoms with Crippen LogP contribution in [0.4, 0.5) is 23.4 Å². The zero-order valence-electron chi connectivity index (χ0n) is 18.3. The van der Waals surface area contributed by atoms with E-state index in [4.69, 9.17) is 10.2 Å². The maximum Gasteiger partial charge on any atom is 0.451 e. The maximum absolute atomic E-state index is 13.8. The predicted octanol–water partition coefficient (Wildman–Crippen LogP) is 5.51. The molecule has 0 amide bonds. The molecular weight excluding hydrogens is 488 g/mol. The van der Waals surface area contributed by atoms with Gasteiger partial charge >= 0.3 is 6.18 Å². The molecule has 1 aliphatic carbocycles. The summed E-state index contributed by atoms with van der Waals surface area (Å²) < 4.78 is 59.7. The molecule has 0 bridgehead atoms. The van der Waals surface area contributed by atoms with Crippen LogP contribution in [0.25, 0.3) is 22.4 Å². The van der Waals surface area contributed by atoms with Crippen molar-refractivity contribution in [2.24, 2.45) is 5.90 Å². The number of nitrogens with one attached hydrogen (secondary N) is 1. The number of rotatable bonds is 7. The third kappa shape index (κ3) is 6.27. The van der Waals surface area contributed by atoms with Gasteiger partial charge in [0.1, 0.15) is 11.6 Å². The van der Waals surface area contributed by atoms with Crippen LogP contribution in [0.5, 0.6) is 0 Å². The molecule has 35 heavy (non-hydrogen) atoms. The second-order valence-corrected chi connectivity index (χ2v) is 8.82. The van der Waals surface area contributed by atoms with E-state index < -0.39 is 23.9 Å². The molecule has 7 nitrogen and oxygen atoms in total. The van der Waals surface area contributed by atoms with Crippen LogP contribution in [0.15, 0.2) is 53.4 Å². The summed E-state index contributed by atoms with van der Waals surface area (Å²) in [6.07, 6.45) is -3.06. The van der Waals surface area contributed by atoms with Crippen LogP contribution in [-0.2, 0) is 15.5 Å². The van der Waals surface area contributed by atoms with Crippen molar-refractivity contribution in [2.45, 2.75) is 48.9 Å². The maximum atomic E-state index is 13.8. The lowest BCUT2D eigenvalue weighted by atomic mass is 9.92. The zero-order chi connectivity index (χ0) is 25.0. The standard InChI is InChI=1S/C23H22F4N4O3S/c24-15-6-4-13(5-7-15)20-19(14-2-1-3-18(12-14)35-34-33-28)21(31-22(30-20)23(25,26)27)29-16-8-10-17(32)11-9-16/h1-7,12,16-17,32H,8-11,28H2,(H,29,30,31). The van der Waals surface area contributed by atoms with Gasteiger partial charge < -0.3 is 10.4 Å². The number of hydrogen-bond donors (Lipinski definition) is 3. The molecule has 1 aromatic heterocycles. The molecule has 186 valence electrons. The molecule has 2 aromatic carbocycles. The van der Waals surface area contributed by atoms with Gasteiger partial charge in [-0.1, -0.05) is 12.1 Å². The highest BCUT2D eigenvalue weighted by Gasteiger charge is 2.37. The van der Waals surface area contributed by atoms with Crippen molar-refractivity contribution >= 4 is 17.9 Å². The summed E-state index contributed by atoms with van der Waals surface area (Å²) >= 11 is 0.816. The van der Waals surface area contributed by atoms with Gasteiger partial charge in [-0.3, -0.25) is 0 Å². The average Bonchev–Trinajstić information content (AvgIpc) is 2.84. The molecule has 4 rings (SSSR count). The SMILES string of the molecule is NOOSc1cccc(-c2c(NC3CCC(O)CC3)nc(C(F)(F)F)nc2-c2ccc(F)cc2)c1. The first-order chi connectivity index (χ1) is 16.7. The Morgan fingerprint density at radius 1 is 1.00 bits per heavy atom. The van der Waals surface area contributed by atoms with Gasteiger partial charge in [-0.25, -0.2) is 14.4 Å². The van der Waals surface area contributed by atoms with E-state index in [1.54, 1.807) is 24.3 Å². The average molecular weight is 511 g/mol. The van der Waals surface area contributed by atoms with Gasteiger partial charge in [0.05, 0.1) is 29.4 Å². The van der Waals surface area contributed by atoms with Crippen molar-refractivity contribution in [2.75, 3.05) is 5.32 Å². The first kappa shape index (κ1) is 25.3. The number of nitrogens with zero attached hydrogens (tertiary/aromatic N) is 2. The normalized spacial score (nSPS) is 18.5. The molecule has 4 N–H and O–H groups in total. The van der Waals surface area contributed by atoms with Crippen molar-refractivity contribution in [1.82, 2.24) is 9.97 Å². The van der Waals surface area contributed by atoms with Crippen molar-refractivity contribution in [1.29, 1.82) is 0 Å². The quantitative estimate of drug-likeness (QED) is 0.165. The Morgan fingerprint density at radius 2 is 1.71 bits per heavy atom. The molecule has 0 radical (unpaired) electrons. The fourth-order valence-corrected chi connectivity index (χ4v) is 4.38. The van der Waals surface area contributed by atoms with E-state index in [9.17, 15) is 22.7 Å². The summed E-state index contributed by atoms with van der Waals surface area (Å²) in [4.78, 5) is 12.4. The lowest BCUT2D eigenvalue weighted by Gasteiger charge is -2.28. The summed E-state index contributed by atoms with van der Waals surface area (Å²) in [6.45, 7) is 0. The van der Waals surface area contributed by atoms with E-state index in [2.05, 4.69) is 20.3 Å². The molecule has 0 unspecified atom stereocenters. The molecule has 1 heterocycles. The molecule has 0 spiro atoms. The van der Waals surface area contributed by atoms with E-state index in [1.807, 2.05) is 0 Å². The molecule has 1 fully saturated rings. The highest BCUT2D eigenvalue weighted by molar-refractivity contribution is 7.94. The topological polar surface area (TPSA) is 103 Å². The number of alkyl halides is 3. The molecule has 12 heteroatoms. The third-order valence-electron chi connectivity index (χ3n) is 5.61. The fourth-order valence-electron chi connectivity index (χ4n) is 3.96. The molecule has 0 atom stereocenters.